The maximum absolute atomic E-state index is 5.35. The van der Waals surface area contributed by atoms with Crippen molar-refractivity contribution < 1.29 is 4.74 Å². The lowest BCUT2D eigenvalue weighted by molar-refractivity contribution is 0.0373. The minimum atomic E-state index is 0.891. The van der Waals surface area contributed by atoms with Crippen molar-refractivity contribution in [2.24, 2.45) is 4.99 Å². The molecule has 5 nitrogen and oxygen atoms in total. The SMILES string of the molecule is CCNC(=NCCCCN1CCOCC1)NCCSC. The third-order valence-electron chi connectivity index (χ3n) is 3.20. The lowest BCUT2D eigenvalue weighted by Crippen LogP contribution is -2.38. The first-order valence-electron chi connectivity index (χ1n) is 7.68. The van der Waals surface area contributed by atoms with E-state index in [1.54, 1.807) is 0 Å². The van der Waals surface area contributed by atoms with Gasteiger partial charge >= 0.3 is 0 Å². The zero-order valence-corrected chi connectivity index (χ0v) is 13.8. The van der Waals surface area contributed by atoms with Crippen LogP contribution in [0.25, 0.3) is 0 Å². The number of unbranched alkanes of at least 4 members (excludes halogenated alkanes) is 1. The van der Waals surface area contributed by atoms with Crippen molar-refractivity contribution in [3.63, 3.8) is 0 Å². The van der Waals surface area contributed by atoms with Gasteiger partial charge in [0, 0.05) is 38.5 Å². The predicted molar refractivity (Wildman–Crippen MR) is 88.9 cm³/mol. The number of nitrogens with zero attached hydrogens (tertiary/aromatic N) is 2. The third-order valence-corrected chi connectivity index (χ3v) is 3.81. The van der Waals surface area contributed by atoms with E-state index in [4.69, 9.17) is 4.74 Å². The molecule has 0 amide bonds. The van der Waals surface area contributed by atoms with Gasteiger partial charge in [-0.15, -0.1) is 0 Å². The number of hydrogen-bond donors (Lipinski definition) is 2. The van der Waals surface area contributed by atoms with Crippen LogP contribution in [0.4, 0.5) is 0 Å². The van der Waals surface area contributed by atoms with Crippen molar-refractivity contribution in [2.75, 3.05) is 64.5 Å². The molecule has 1 aliphatic heterocycles. The fraction of sp³-hybridized carbons (Fsp3) is 0.929. The number of ether oxygens (including phenoxy) is 1. The molecule has 1 fully saturated rings. The highest BCUT2D eigenvalue weighted by Gasteiger charge is 2.08. The fourth-order valence-corrected chi connectivity index (χ4v) is 2.38. The van der Waals surface area contributed by atoms with E-state index in [9.17, 15) is 0 Å². The predicted octanol–water partition coefficient (Wildman–Crippen LogP) is 1.02. The molecule has 20 heavy (non-hydrogen) atoms. The lowest BCUT2D eigenvalue weighted by Gasteiger charge is -2.26. The number of morpholine rings is 1. The highest BCUT2D eigenvalue weighted by molar-refractivity contribution is 7.98. The first-order valence-corrected chi connectivity index (χ1v) is 9.07. The summed E-state index contributed by atoms with van der Waals surface area (Å²) in [5.41, 5.74) is 0. The molecule has 1 rings (SSSR count). The van der Waals surface area contributed by atoms with Crippen LogP contribution in [0.3, 0.4) is 0 Å². The topological polar surface area (TPSA) is 48.9 Å². The molecule has 6 heteroatoms. The molecule has 0 aromatic rings. The smallest absolute Gasteiger partial charge is 0.191 e. The number of nitrogens with one attached hydrogen (secondary N) is 2. The second-order valence-electron chi connectivity index (χ2n) is 4.84. The number of hydrogen-bond acceptors (Lipinski definition) is 4. The highest BCUT2D eigenvalue weighted by atomic mass is 32.2. The second-order valence-corrected chi connectivity index (χ2v) is 5.83. The van der Waals surface area contributed by atoms with E-state index in [1.165, 1.54) is 13.0 Å². The van der Waals surface area contributed by atoms with Crippen LogP contribution in [0.5, 0.6) is 0 Å². The average Bonchev–Trinajstić information content (AvgIpc) is 2.48. The molecule has 0 saturated carbocycles. The zero-order chi connectivity index (χ0) is 14.5. The zero-order valence-electron chi connectivity index (χ0n) is 13.0. The summed E-state index contributed by atoms with van der Waals surface area (Å²) in [6, 6.07) is 0. The summed E-state index contributed by atoms with van der Waals surface area (Å²) in [5, 5.41) is 6.64. The molecule has 0 atom stereocenters. The molecule has 0 aliphatic carbocycles. The average molecular weight is 302 g/mol. The first kappa shape index (κ1) is 17.6. The lowest BCUT2D eigenvalue weighted by atomic mass is 10.3. The van der Waals surface area contributed by atoms with Crippen molar-refractivity contribution in [1.82, 2.24) is 15.5 Å². The van der Waals surface area contributed by atoms with Gasteiger partial charge in [0.2, 0.25) is 0 Å². The number of aliphatic imine (C=N–C) groups is 1. The largest absolute Gasteiger partial charge is 0.379 e. The monoisotopic (exact) mass is 302 g/mol. The second kappa shape index (κ2) is 12.3. The van der Waals surface area contributed by atoms with E-state index in [0.29, 0.717) is 0 Å². The Morgan fingerprint density at radius 3 is 2.75 bits per heavy atom. The van der Waals surface area contributed by atoms with E-state index in [1.807, 2.05) is 11.8 Å². The Morgan fingerprint density at radius 1 is 1.25 bits per heavy atom. The van der Waals surface area contributed by atoms with Crippen LogP contribution in [-0.2, 0) is 4.74 Å². The van der Waals surface area contributed by atoms with Crippen LogP contribution >= 0.6 is 11.8 Å². The van der Waals surface area contributed by atoms with Gasteiger partial charge in [0.05, 0.1) is 13.2 Å². The standard InChI is InChI=1S/C14H30N4OS/c1-3-15-14(17-7-13-20-2)16-6-4-5-8-18-9-11-19-12-10-18/h3-13H2,1-2H3,(H2,15,16,17). The summed E-state index contributed by atoms with van der Waals surface area (Å²) in [7, 11) is 0. The number of rotatable bonds is 9. The molecule has 0 aromatic carbocycles. The Bertz CT molecular complexity index is 258. The molecule has 0 spiro atoms. The van der Waals surface area contributed by atoms with E-state index in [2.05, 4.69) is 33.7 Å². The quantitative estimate of drug-likeness (QED) is 0.378. The molecule has 0 radical (unpaired) electrons. The molecule has 0 aromatic heterocycles. The van der Waals surface area contributed by atoms with Gasteiger partial charge < -0.3 is 15.4 Å². The van der Waals surface area contributed by atoms with Crippen molar-refractivity contribution in [3.8, 4) is 0 Å². The minimum Gasteiger partial charge on any atom is -0.379 e. The third kappa shape index (κ3) is 8.66. The van der Waals surface area contributed by atoms with E-state index >= 15 is 0 Å². The summed E-state index contributed by atoms with van der Waals surface area (Å²) in [5.74, 6) is 2.06. The van der Waals surface area contributed by atoms with Crippen LogP contribution in [0.2, 0.25) is 0 Å². The minimum absolute atomic E-state index is 0.891. The number of thioether (sulfide) groups is 1. The van der Waals surface area contributed by atoms with Gasteiger partial charge in [-0.3, -0.25) is 9.89 Å². The molecular formula is C14H30N4OS. The summed E-state index contributed by atoms with van der Waals surface area (Å²) in [6.45, 7) is 10.0. The van der Waals surface area contributed by atoms with Crippen LogP contribution in [-0.4, -0.2) is 75.4 Å². The van der Waals surface area contributed by atoms with Crippen molar-refractivity contribution >= 4 is 17.7 Å². The maximum atomic E-state index is 5.35. The Labute approximate surface area is 127 Å². The maximum Gasteiger partial charge on any atom is 0.191 e. The number of guanidine groups is 1. The van der Waals surface area contributed by atoms with Gasteiger partial charge in [0.1, 0.15) is 0 Å². The molecule has 1 saturated heterocycles. The molecule has 0 bridgehead atoms. The van der Waals surface area contributed by atoms with E-state index in [0.717, 1.165) is 64.1 Å². The van der Waals surface area contributed by atoms with Gasteiger partial charge in [-0.25, -0.2) is 0 Å². The van der Waals surface area contributed by atoms with Gasteiger partial charge in [-0.05, 0) is 32.6 Å². The normalized spacial score (nSPS) is 17.2. The molecule has 2 N–H and O–H groups in total. The first-order chi connectivity index (χ1) is 9.86. The Kier molecular flexibility index (Phi) is 10.8. The Hall–Kier alpha value is -0.460. The van der Waals surface area contributed by atoms with Crippen molar-refractivity contribution in [2.45, 2.75) is 19.8 Å². The summed E-state index contributed by atoms with van der Waals surface area (Å²) < 4.78 is 5.35. The molecular weight excluding hydrogens is 272 g/mol. The molecule has 118 valence electrons. The molecule has 0 unspecified atom stereocenters. The van der Waals surface area contributed by atoms with Crippen LogP contribution < -0.4 is 10.6 Å². The van der Waals surface area contributed by atoms with Gasteiger partial charge in [-0.1, -0.05) is 0 Å². The van der Waals surface area contributed by atoms with Crippen molar-refractivity contribution in [3.05, 3.63) is 0 Å². The van der Waals surface area contributed by atoms with Crippen molar-refractivity contribution in [1.29, 1.82) is 0 Å². The van der Waals surface area contributed by atoms with Gasteiger partial charge in [-0.2, -0.15) is 11.8 Å². The Balaban J connectivity index is 2.08. The molecule has 1 heterocycles. The summed E-state index contributed by atoms with van der Waals surface area (Å²) >= 11 is 1.85. The van der Waals surface area contributed by atoms with Crippen LogP contribution in [0, 0.1) is 0 Å². The van der Waals surface area contributed by atoms with Gasteiger partial charge in [0.25, 0.3) is 0 Å². The van der Waals surface area contributed by atoms with Crippen LogP contribution in [0.1, 0.15) is 19.8 Å². The highest BCUT2D eigenvalue weighted by Crippen LogP contribution is 2.00. The fourth-order valence-electron chi connectivity index (χ4n) is 2.08. The summed E-state index contributed by atoms with van der Waals surface area (Å²) in [4.78, 5) is 7.09. The van der Waals surface area contributed by atoms with Gasteiger partial charge in [0.15, 0.2) is 5.96 Å². The van der Waals surface area contributed by atoms with E-state index in [-0.39, 0.29) is 0 Å². The van der Waals surface area contributed by atoms with Crippen LogP contribution in [0.15, 0.2) is 4.99 Å². The molecule has 1 aliphatic rings. The summed E-state index contributed by atoms with van der Waals surface area (Å²) in [6.07, 6.45) is 4.49. The Morgan fingerprint density at radius 2 is 2.05 bits per heavy atom. The van der Waals surface area contributed by atoms with E-state index < -0.39 is 0 Å².